The second-order valence-corrected chi connectivity index (χ2v) is 6.85. The molecule has 25 heavy (non-hydrogen) atoms. The second-order valence-electron chi connectivity index (χ2n) is 5.89. The van der Waals surface area contributed by atoms with E-state index in [0.29, 0.717) is 37.2 Å². The maximum Gasteiger partial charge on any atom is 0.339 e. The lowest BCUT2D eigenvalue weighted by Crippen LogP contribution is -2.35. The smallest absolute Gasteiger partial charge is 0.339 e. The van der Waals surface area contributed by atoms with Crippen LogP contribution in [0, 0.1) is 0 Å². The zero-order valence-electron chi connectivity index (χ0n) is 13.7. The number of esters is 1. The Morgan fingerprint density at radius 3 is 3.16 bits per heavy atom. The minimum atomic E-state index is -0.276. The van der Waals surface area contributed by atoms with Crippen LogP contribution in [0.3, 0.4) is 0 Å². The van der Waals surface area contributed by atoms with Gasteiger partial charge >= 0.3 is 5.97 Å². The van der Waals surface area contributed by atoms with E-state index in [1.54, 1.807) is 13.1 Å². The molecule has 1 amide bonds. The lowest BCUT2D eigenvalue weighted by atomic mass is 10.0. The van der Waals surface area contributed by atoms with Gasteiger partial charge in [0.15, 0.2) is 0 Å². The Bertz CT molecular complexity index is 960. The molecule has 3 aromatic heterocycles. The largest absolute Gasteiger partial charge is 0.462 e. The number of hydrogen-bond donors (Lipinski definition) is 1. The number of rotatable bonds is 3. The van der Waals surface area contributed by atoms with Gasteiger partial charge in [0.1, 0.15) is 5.65 Å². The van der Waals surface area contributed by atoms with Gasteiger partial charge in [-0.25, -0.2) is 9.78 Å². The highest BCUT2D eigenvalue weighted by Gasteiger charge is 2.27. The summed E-state index contributed by atoms with van der Waals surface area (Å²) in [6.45, 7) is 3.26. The molecular weight excluding hydrogens is 338 g/mol. The average molecular weight is 355 g/mol. The van der Waals surface area contributed by atoms with E-state index in [0.717, 1.165) is 21.5 Å². The third-order valence-electron chi connectivity index (χ3n) is 4.38. The summed E-state index contributed by atoms with van der Waals surface area (Å²) in [5.41, 5.74) is 3.02. The zero-order valence-corrected chi connectivity index (χ0v) is 14.6. The fraction of sp³-hybridized carbons (Fsp3) is 0.278. The lowest BCUT2D eigenvalue weighted by molar-refractivity contribution is 0.0525. The van der Waals surface area contributed by atoms with Gasteiger partial charge in [-0.2, -0.15) is 0 Å². The van der Waals surface area contributed by atoms with Crippen molar-refractivity contribution in [3.8, 4) is 0 Å². The monoisotopic (exact) mass is 355 g/mol. The van der Waals surface area contributed by atoms with E-state index in [1.165, 1.54) is 11.3 Å². The molecule has 0 unspecified atom stereocenters. The van der Waals surface area contributed by atoms with Crippen LogP contribution in [0.25, 0.3) is 11.0 Å². The Morgan fingerprint density at radius 1 is 1.44 bits per heavy atom. The SMILES string of the molecule is CCOC(=O)c1csc2c1CCN(C(=O)c1cnc3[nH]ccc3c1)C2. The second kappa shape index (κ2) is 6.33. The molecule has 0 bridgehead atoms. The van der Waals surface area contributed by atoms with E-state index in [4.69, 9.17) is 4.74 Å². The van der Waals surface area contributed by atoms with E-state index < -0.39 is 0 Å². The fourth-order valence-corrected chi connectivity index (χ4v) is 4.20. The van der Waals surface area contributed by atoms with Gasteiger partial charge in [-0.15, -0.1) is 11.3 Å². The highest BCUT2D eigenvalue weighted by atomic mass is 32.1. The molecule has 128 valence electrons. The molecule has 0 aromatic carbocycles. The molecular formula is C18H17N3O3S. The first-order valence-corrected chi connectivity index (χ1v) is 9.04. The van der Waals surface area contributed by atoms with E-state index >= 15 is 0 Å². The van der Waals surface area contributed by atoms with Gasteiger partial charge in [-0.05, 0) is 31.0 Å². The first kappa shape index (κ1) is 15.8. The molecule has 0 fully saturated rings. The third kappa shape index (κ3) is 2.80. The zero-order chi connectivity index (χ0) is 17.4. The van der Waals surface area contributed by atoms with Gasteiger partial charge in [0, 0.05) is 34.6 Å². The number of thiophene rings is 1. The van der Waals surface area contributed by atoms with Crippen molar-refractivity contribution in [3.05, 3.63) is 51.5 Å². The van der Waals surface area contributed by atoms with Gasteiger partial charge < -0.3 is 14.6 Å². The highest BCUT2D eigenvalue weighted by molar-refractivity contribution is 7.10. The summed E-state index contributed by atoms with van der Waals surface area (Å²) in [7, 11) is 0. The molecule has 0 saturated carbocycles. The first-order valence-electron chi connectivity index (χ1n) is 8.16. The minimum Gasteiger partial charge on any atom is -0.462 e. The Morgan fingerprint density at radius 2 is 2.32 bits per heavy atom. The number of nitrogens with zero attached hydrogens (tertiary/aromatic N) is 2. The van der Waals surface area contributed by atoms with Crippen LogP contribution < -0.4 is 0 Å². The first-order chi connectivity index (χ1) is 12.2. The van der Waals surface area contributed by atoms with E-state index in [9.17, 15) is 9.59 Å². The molecule has 0 saturated heterocycles. The molecule has 4 rings (SSSR count). The van der Waals surface area contributed by atoms with Crippen LogP contribution in [-0.4, -0.2) is 39.9 Å². The van der Waals surface area contributed by atoms with Crippen LogP contribution in [0.2, 0.25) is 0 Å². The number of pyridine rings is 1. The molecule has 1 aliphatic heterocycles. The average Bonchev–Trinajstić information content (AvgIpc) is 3.26. The van der Waals surface area contributed by atoms with Crippen LogP contribution in [0.1, 0.15) is 38.1 Å². The van der Waals surface area contributed by atoms with Crippen molar-refractivity contribution < 1.29 is 14.3 Å². The van der Waals surface area contributed by atoms with Crippen molar-refractivity contribution in [1.82, 2.24) is 14.9 Å². The normalized spacial score (nSPS) is 13.7. The summed E-state index contributed by atoms with van der Waals surface area (Å²) in [6, 6.07) is 3.76. The fourth-order valence-electron chi connectivity index (χ4n) is 3.12. The summed E-state index contributed by atoms with van der Waals surface area (Å²) in [5.74, 6) is -0.311. The van der Waals surface area contributed by atoms with Gasteiger partial charge in [-0.1, -0.05) is 0 Å². The molecule has 4 heterocycles. The summed E-state index contributed by atoms with van der Waals surface area (Å²) >= 11 is 1.51. The number of hydrogen-bond acceptors (Lipinski definition) is 5. The van der Waals surface area contributed by atoms with Crippen LogP contribution in [-0.2, 0) is 17.7 Å². The number of fused-ring (bicyclic) bond motifs is 2. The summed E-state index contributed by atoms with van der Waals surface area (Å²) in [6.07, 6.45) is 4.08. The Labute approximate surface area is 148 Å². The molecule has 1 N–H and O–H groups in total. The van der Waals surface area contributed by atoms with Crippen molar-refractivity contribution >= 4 is 34.2 Å². The van der Waals surface area contributed by atoms with Crippen molar-refractivity contribution in [2.45, 2.75) is 19.9 Å². The molecule has 3 aromatic rings. The number of H-pyrrole nitrogens is 1. The molecule has 0 atom stereocenters. The van der Waals surface area contributed by atoms with Gasteiger partial charge in [0.25, 0.3) is 5.91 Å². The van der Waals surface area contributed by atoms with Crippen LogP contribution in [0.15, 0.2) is 29.9 Å². The van der Waals surface area contributed by atoms with Crippen LogP contribution in [0.4, 0.5) is 0 Å². The summed E-state index contributed by atoms with van der Waals surface area (Å²) < 4.78 is 5.11. The van der Waals surface area contributed by atoms with Crippen molar-refractivity contribution in [2.24, 2.45) is 0 Å². The maximum absolute atomic E-state index is 12.8. The van der Waals surface area contributed by atoms with Crippen molar-refractivity contribution in [1.29, 1.82) is 0 Å². The Kier molecular flexibility index (Phi) is 4.01. The Balaban J connectivity index is 1.55. The standard InChI is InChI=1S/C18H17N3O3S/c1-2-24-18(23)14-10-25-15-9-21(6-4-13(14)15)17(22)12-7-11-3-5-19-16(11)20-8-12/h3,5,7-8,10H,2,4,6,9H2,1H3,(H,19,20). The molecule has 7 heteroatoms. The van der Waals surface area contributed by atoms with Gasteiger partial charge in [-0.3, -0.25) is 4.79 Å². The van der Waals surface area contributed by atoms with E-state index in [-0.39, 0.29) is 11.9 Å². The van der Waals surface area contributed by atoms with Crippen LogP contribution >= 0.6 is 11.3 Å². The maximum atomic E-state index is 12.8. The van der Waals surface area contributed by atoms with Crippen LogP contribution in [0.5, 0.6) is 0 Å². The third-order valence-corrected chi connectivity index (χ3v) is 5.39. The number of nitrogens with one attached hydrogen (secondary N) is 1. The number of aromatic nitrogens is 2. The molecule has 1 aliphatic rings. The molecule has 0 spiro atoms. The molecule has 0 aliphatic carbocycles. The molecule has 6 nitrogen and oxygen atoms in total. The quantitative estimate of drug-likeness (QED) is 0.733. The topological polar surface area (TPSA) is 75.3 Å². The summed E-state index contributed by atoms with van der Waals surface area (Å²) in [4.78, 5) is 35.0. The van der Waals surface area contributed by atoms with Gasteiger partial charge in [0.05, 0.1) is 24.3 Å². The molecule has 0 radical (unpaired) electrons. The number of aromatic amines is 1. The number of ether oxygens (including phenoxy) is 1. The number of amides is 1. The minimum absolute atomic E-state index is 0.0349. The Hall–Kier alpha value is -2.67. The van der Waals surface area contributed by atoms with Crippen molar-refractivity contribution in [3.63, 3.8) is 0 Å². The predicted molar refractivity (Wildman–Crippen MR) is 94.8 cm³/mol. The van der Waals surface area contributed by atoms with Crippen molar-refractivity contribution in [2.75, 3.05) is 13.2 Å². The lowest BCUT2D eigenvalue weighted by Gasteiger charge is -2.27. The highest BCUT2D eigenvalue weighted by Crippen LogP contribution is 2.30. The van der Waals surface area contributed by atoms with Gasteiger partial charge in [0.2, 0.25) is 0 Å². The van der Waals surface area contributed by atoms with E-state index in [1.807, 2.05) is 28.6 Å². The predicted octanol–water partition coefficient (Wildman–Crippen LogP) is 3.00. The summed E-state index contributed by atoms with van der Waals surface area (Å²) in [5, 5.41) is 2.76. The number of carbonyl (C=O) groups excluding carboxylic acids is 2. The number of carbonyl (C=O) groups is 2. The van der Waals surface area contributed by atoms with E-state index in [2.05, 4.69) is 9.97 Å².